The second-order valence-electron chi connectivity index (χ2n) is 7.37. The van der Waals surface area contributed by atoms with E-state index in [-0.39, 0.29) is 29.0 Å². The molecule has 0 atom stereocenters. The molecule has 1 aliphatic rings. The lowest BCUT2D eigenvalue weighted by Crippen LogP contribution is -2.32. The number of para-hydroxylation sites is 1. The van der Waals surface area contributed by atoms with Gasteiger partial charge in [-0.2, -0.15) is 10.2 Å². The van der Waals surface area contributed by atoms with Crippen LogP contribution in [0.5, 0.6) is 11.5 Å². The molecule has 0 radical (unpaired) electrons. The van der Waals surface area contributed by atoms with Crippen LogP contribution in [0, 0.1) is 6.92 Å². The number of hydrogen-bond donors (Lipinski definition) is 1. The summed E-state index contributed by atoms with van der Waals surface area (Å²) < 4.78 is 5.58. The number of thioether (sulfide) groups is 1. The van der Waals surface area contributed by atoms with Crippen molar-refractivity contribution < 1.29 is 19.4 Å². The molecule has 7 nitrogen and oxygen atoms in total. The number of nitrogens with zero attached hydrogens (tertiary/aromatic N) is 3. The molecule has 3 aromatic rings. The van der Waals surface area contributed by atoms with Crippen molar-refractivity contribution in [2.45, 2.75) is 6.92 Å². The summed E-state index contributed by atoms with van der Waals surface area (Å²) in [6, 6.07) is 19.1. The third-order valence-electron chi connectivity index (χ3n) is 4.93. The number of imide groups is 1. The maximum atomic E-state index is 12.8. The van der Waals surface area contributed by atoms with Gasteiger partial charge in [0.2, 0.25) is 0 Å². The molecule has 1 N–H and O–H groups in total. The molecule has 3 aromatic carbocycles. The zero-order valence-electron chi connectivity index (χ0n) is 18.1. The van der Waals surface area contributed by atoms with Gasteiger partial charge in [-0.15, -0.1) is 0 Å². The molecule has 0 spiro atoms. The summed E-state index contributed by atoms with van der Waals surface area (Å²) >= 11 is 6.93. The molecule has 4 rings (SSSR count). The van der Waals surface area contributed by atoms with Crippen LogP contribution in [0.1, 0.15) is 11.1 Å². The van der Waals surface area contributed by atoms with E-state index in [1.807, 2.05) is 31.2 Å². The Morgan fingerprint density at radius 3 is 2.47 bits per heavy atom. The van der Waals surface area contributed by atoms with E-state index in [1.165, 1.54) is 12.1 Å². The summed E-state index contributed by atoms with van der Waals surface area (Å²) in [5.74, 6) is 0.178. The molecule has 2 amide bonds. The van der Waals surface area contributed by atoms with Crippen molar-refractivity contribution >= 4 is 52.0 Å². The Morgan fingerprint density at radius 1 is 1.03 bits per heavy atom. The first-order chi connectivity index (χ1) is 16.4. The molecular weight excluding hydrogens is 474 g/mol. The lowest BCUT2D eigenvalue weighted by molar-refractivity contribution is -0.123. The summed E-state index contributed by atoms with van der Waals surface area (Å²) in [5.41, 5.74) is 2.35. The van der Waals surface area contributed by atoms with E-state index >= 15 is 0 Å². The number of phenolic OH excluding ortho intramolecular Hbond substituents is 1. The van der Waals surface area contributed by atoms with Crippen LogP contribution in [0.25, 0.3) is 6.08 Å². The smallest absolute Gasteiger partial charge is 0.293 e. The van der Waals surface area contributed by atoms with Gasteiger partial charge in [0.1, 0.15) is 18.1 Å². The van der Waals surface area contributed by atoms with Gasteiger partial charge in [-0.25, -0.2) is 0 Å². The minimum Gasteiger partial charge on any atom is -0.507 e. The van der Waals surface area contributed by atoms with Crippen LogP contribution in [0.2, 0.25) is 5.02 Å². The van der Waals surface area contributed by atoms with Gasteiger partial charge >= 0.3 is 0 Å². The van der Waals surface area contributed by atoms with E-state index in [1.54, 1.807) is 36.4 Å². The van der Waals surface area contributed by atoms with Crippen molar-refractivity contribution in [2.75, 3.05) is 13.2 Å². The molecule has 0 aliphatic carbocycles. The van der Waals surface area contributed by atoms with Gasteiger partial charge in [-0.05, 0) is 72.8 Å². The first-order valence-corrected chi connectivity index (χ1v) is 11.5. The predicted octanol–water partition coefficient (Wildman–Crippen LogP) is 6.88. The molecule has 1 aliphatic heterocycles. The topological polar surface area (TPSA) is 91.6 Å². The van der Waals surface area contributed by atoms with Crippen LogP contribution in [-0.4, -0.2) is 34.3 Å². The van der Waals surface area contributed by atoms with Gasteiger partial charge in [0.15, 0.2) is 0 Å². The third-order valence-corrected chi connectivity index (χ3v) is 6.25. The number of halogens is 1. The van der Waals surface area contributed by atoms with E-state index < -0.39 is 5.91 Å². The summed E-state index contributed by atoms with van der Waals surface area (Å²) in [6.07, 6.45) is 1.47. The fourth-order valence-electron chi connectivity index (χ4n) is 3.08. The van der Waals surface area contributed by atoms with Gasteiger partial charge in [-0.3, -0.25) is 14.5 Å². The number of hydrogen-bond acceptors (Lipinski definition) is 7. The maximum absolute atomic E-state index is 12.8. The van der Waals surface area contributed by atoms with E-state index in [9.17, 15) is 14.7 Å². The van der Waals surface area contributed by atoms with Crippen LogP contribution in [0.4, 0.5) is 16.2 Å². The Balaban J connectivity index is 1.46. The molecule has 1 fully saturated rings. The van der Waals surface area contributed by atoms with E-state index in [4.69, 9.17) is 16.3 Å². The van der Waals surface area contributed by atoms with Crippen molar-refractivity contribution in [3.63, 3.8) is 0 Å². The van der Waals surface area contributed by atoms with Crippen molar-refractivity contribution in [3.05, 3.63) is 87.8 Å². The number of carbonyl (C=O) groups is 2. The predicted molar refractivity (Wildman–Crippen MR) is 133 cm³/mol. The number of azo groups is 1. The van der Waals surface area contributed by atoms with Gasteiger partial charge < -0.3 is 9.84 Å². The molecule has 0 bridgehead atoms. The first-order valence-electron chi connectivity index (χ1n) is 10.3. The molecule has 9 heteroatoms. The second-order valence-corrected chi connectivity index (χ2v) is 8.77. The van der Waals surface area contributed by atoms with Crippen molar-refractivity contribution in [3.8, 4) is 11.5 Å². The van der Waals surface area contributed by atoms with E-state index in [2.05, 4.69) is 10.2 Å². The Bertz CT molecular complexity index is 1290. The lowest BCUT2D eigenvalue weighted by atomic mass is 10.1. The number of phenols is 1. The number of benzene rings is 3. The highest BCUT2D eigenvalue weighted by Gasteiger charge is 2.35. The van der Waals surface area contributed by atoms with Crippen LogP contribution in [-0.2, 0) is 4.79 Å². The number of carbonyl (C=O) groups excluding carboxylic acids is 2. The van der Waals surface area contributed by atoms with E-state index in [0.717, 1.165) is 22.2 Å². The highest BCUT2D eigenvalue weighted by molar-refractivity contribution is 8.18. The number of amides is 2. The van der Waals surface area contributed by atoms with Crippen LogP contribution in [0.3, 0.4) is 0 Å². The molecule has 0 aromatic heterocycles. The second kappa shape index (κ2) is 10.5. The fraction of sp³-hybridized carbons (Fsp3) is 0.120. The van der Waals surface area contributed by atoms with Crippen molar-refractivity contribution in [1.29, 1.82) is 0 Å². The maximum Gasteiger partial charge on any atom is 0.293 e. The minimum absolute atomic E-state index is 0.0449. The lowest BCUT2D eigenvalue weighted by Gasteiger charge is -2.13. The highest BCUT2D eigenvalue weighted by atomic mass is 35.5. The molecule has 172 valence electrons. The summed E-state index contributed by atoms with van der Waals surface area (Å²) in [5, 5.41) is 18.8. The van der Waals surface area contributed by atoms with E-state index in [0.29, 0.717) is 27.7 Å². The Hall–Kier alpha value is -3.62. The normalized spacial score (nSPS) is 15.0. The molecule has 34 heavy (non-hydrogen) atoms. The van der Waals surface area contributed by atoms with Crippen LogP contribution < -0.4 is 4.74 Å². The Labute approximate surface area is 205 Å². The molecular formula is C25H20ClN3O4S. The first kappa shape index (κ1) is 23.5. The van der Waals surface area contributed by atoms with Gasteiger partial charge in [0, 0.05) is 10.6 Å². The zero-order valence-corrected chi connectivity index (χ0v) is 19.7. The number of ether oxygens (including phenoxy) is 1. The van der Waals surface area contributed by atoms with Crippen molar-refractivity contribution in [1.82, 2.24) is 4.90 Å². The third kappa shape index (κ3) is 5.65. The quantitative estimate of drug-likeness (QED) is 0.286. The monoisotopic (exact) mass is 493 g/mol. The zero-order chi connectivity index (χ0) is 24.1. The largest absolute Gasteiger partial charge is 0.507 e. The molecule has 0 unspecified atom stereocenters. The SMILES string of the molecule is Cc1ccc(N=Nc2ccc(O)c(/C=C3\SC(=O)N(CCOc4ccccc4)C3=O)c2)cc1Cl. The standard InChI is InChI=1S/C25H20ClN3O4S/c1-16-7-8-19(15-21(16)26)28-27-18-9-10-22(30)17(13-18)14-23-24(31)29(25(32)34-23)11-12-33-20-5-3-2-4-6-20/h2-10,13-15,30H,11-12H2,1H3/b23-14-,28-27?. The summed E-state index contributed by atoms with van der Waals surface area (Å²) in [7, 11) is 0. The number of aromatic hydroxyl groups is 1. The average molecular weight is 494 g/mol. The highest BCUT2D eigenvalue weighted by Crippen LogP contribution is 2.35. The molecule has 1 saturated heterocycles. The van der Waals surface area contributed by atoms with Crippen molar-refractivity contribution in [2.24, 2.45) is 10.2 Å². The van der Waals surface area contributed by atoms with Gasteiger partial charge in [0.25, 0.3) is 11.1 Å². The Morgan fingerprint density at radius 2 is 1.74 bits per heavy atom. The fourth-order valence-corrected chi connectivity index (χ4v) is 4.12. The average Bonchev–Trinajstić information content (AvgIpc) is 3.09. The Kier molecular flexibility index (Phi) is 7.30. The van der Waals surface area contributed by atoms with Gasteiger partial charge in [-0.1, -0.05) is 35.9 Å². The summed E-state index contributed by atoms with van der Waals surface area (Å²) in [4.78, 5) is 26.4. The number of rotatable bonds is 7. The van der Waals surface area contributed by atoms with Gasteiger partial charge in [0.05, 0.1) is 22.8 Å². The molecule has 1 heterocycles. The van der Waals surface area contributed by atoms with Crippen LogP contribution in [0.15, 0.2) is 81.9 Å². The molecule has 0 saturated carbocycles. The minimum atomic E-state index is -0.438. The van der Waals surface area contributed by atoms with Crippen LogP contribution >= 0.6 is 23.4 Å². The summed E-state index contributed by atoms with van der Waals surface area (Å²) in [6.45, 7) is 2.20. The number of aryl methyl sites for hydroxylation is 1.